The Labute approximate surface area is 182 Å². The highest BCUT2D eigenvalue weighted by molar-refractivity contribution is 7.99. The second-order valence-corrected chi connectivity index (χ2v) is 7.83. The molecular weight excluding hydrogens is 429 g/mol. The number of amides is 1. The van der Waals surface area contributed by atoms with E-state index in [4.69, 9.17) is 28.5 Å². The van der Waals surface area contributed by atoms with E-state index in [-0.39, 0.29) is 18.1 Å². The van der Waals surface area contributed by atoms with Gasteiger partial charge in [0.1, 0.15) is 0 Å². The van der Waals surface area contributed by atoms with E-state index >= 15 is 0 Å². The van der Waals surface area contributed by atoms with Crippen molar-refractivity contribution in [3.63, 3.8) is 0 Å². The first-order chi connectivity index (χ1) is 14.1. The predicted molar refractivity (Wildman–Crippen MR) is 115 cm³/mol. The molecule has 6 nitrogen and oxygen atoms in total. The summed E-state index contributed by atoms with van der Waals surface area (Å²) in [6, 6.07) is 17.1. The van der Waals surface area contributed by atoms with Crippen LogP contribution in [0.5, 0.6) is 0 Å². The van der Waals surface area contributed by atoms with Crippen LogP contribution in [0, 0.1) is 11.3 Å². The van der Waals surface area contributed by atoms with E-state index in [1.807, 2.05) is 41.0 Å². The minimum Gasteiger partial charge on any atom is -0.354 e. The van der Waals surface area contributed by atoms with Crippen LogP contribution in [0.4, 0.5) is 0 Å². The molecule has 0 bridgehead atoms. The molecule has 0 radical (unpaired) electrons. The summed E-state index contributed by atoms with van der Waals surface area (Å²) >= 11 is 13.7. The Morgan fingerprint density at radius 3 is 2.69 bits per heavy atom. The summed E-state index contributed by atoms with van der Waals surface area (Å²) in [6.07, 6.45) is 0.278. The first-order valence-corrected chi connectivity index (χ1v) is 10.5. The maximum Gasteiger partial charge on any atom is 0.230 e. The first-order valence-electron chi connectivity index (χ1n) is 8.77. The quantitative estimate of drug-likeness (QED) is 0.409. The average Bonchev–Trinajstić information content (AvgIpc) is 3.09. The summed E-state index contributed by atoms with van der Waals surface area (Å²) in [5.74, 6) is 0.612. The molecule has 0 aliphatic carbocycles. The van der Waals surface area contributed by atoms with Gasteiger partial charge in [-0.15, -0.1) is 10.2 Å². The molecule has 148 valence electrons. The summed E-state index contributed by atoms with van der Waals surface area (Å²) in [4.78, 5) is 12.0. The van der Waals surface area contributed by atoms with Crippen LogP contribution in [-0.4, -0.2) is 33.0 Å². The van der Waals surface area contributed by atoms with Crippen molar-refractivity contribution >= 4 is 40.9 Å². The second kappa shape index (κ2) is 10.3. The summed E-state index contributed by atoms with van der Waals surface area (Å²) in [7, 11) is 0. The molecular formula is C20H17Cl2N5OS. The summed E-state index contributed by atoms with van der Waals surface area (Å²) in [5, 5.41) is 21.5. The summed E-state index contributed by atoms with van der Waals surface area (Å²) < 4.78 is 1.93. The molecule has 29 heavy (non-hydrogen) atoms. The van der Waals surface area contributed by atoms with Crippen LogP contribution in [0.3, 0.4) is 0 Å². The van der Waals surface area contributed by atoms with Crippen LogP contribution in [0.1, 0.15) is 12.0 Å². The monoisotopic (exact) mass is 445 g/mol. The normalized spacial score (nSPS) is 10.5. The number of benzene rings is 2. The molecule has 2 aromatic carbocycles. The highest BCUT2D eigenvalue weighted by Gasteiger charge is 2.18. The summed E-state index contributed by atoms with van der Waals surface area (Å²) in [5.41, 5.74) is 1.78. The van der Waals surface area contributed by atoms with Crippen molar-refractivity contribution in [2.75, 3.05) is 12.3 Å². The van der Waals surface area contributed by atoms with Crippen LogP contribution in [0.25, 0.3) is 11.4 Å². The van der Waals surface area contributed by atoms with Gasteiger partial charge in [-0.1, -0.05) is 65.3 Å². The van der Waals surface area contributed by atoms with Crippen molar-refractivity contribution in [3.05, 3.63) is 64.1 Å². The molecule has 0 aliphatic rings. The lowest BCUT2D eigenvalue weighted by Crippen LogP contribution is -2.26. The standard InChI is InChI=1S/C20H17Cl2N5OS/c21-15-7-8-16(17(22)11-15)19-25-26-20(29-13-18(28)24-10-4-9-23)27(19)12-14-5-2-1-3-6-14/h1-3,5-8,11H,4,10,12-13H2,(H,24,28). The maximum atomic E-state index is 12.0. The highest BCUT2D eigenvalue weighted by atomic mass is 35.5. The van der Waals surface area contributed by atoms with Gasteiger partial charge >= 0.3 is 0 Å². The number of aromatic nitrogens is 3. The van der Waals surface area contributed by atoms with Gasteiger partial charge in [-0.3, -0.25) is 9.36 Å². The number of nitrogens with one attached hydrogen (secondary N) is 1. The molecule has 0 saturated carbocycles. The van der Waals surface area contributed by atoms with Gasteiger partial charge in [0.2, 0.25) is 5.91 Å². The highest BCUT2D eigenvalue weighted by Crippen LogP contribution is 2.32. The molecule has 9 heteroatoms. The average molecular weight is 446 g/mol. The first kappa shape index (κ1) is 21.2. The molecule has 0 fully saturated rings. The minimum absolute atomic E-state index is 0.161. The molecule has 1 amide bonds. The number of hydrogen-bond donors (Lipinski definition) is 1. The molecule has 3 rings (SSSR count). The van der Waals surface area contributed by atoms with E-state index in [1.54, 1.807) is 18.2 Å². The van der Waals surface area contributed by atoms with E-state index in [1.165, 1.54) is 11.8 Å². The van der Waals surface area contributed by atoms with Crippen molar-refractivity contribution < 1.29 is 4.79 Å². The number of nitriles is 1. The van der Waals surface area contributed by atoms with E-state index in [0.717, 1.165) is 5.56 Å². The van der Waals surface area contributed by atoms with E-state index in [0.29, 0.717) is 39.7 Å². The Hall–Kier alpha value is -2.53. The third kappa shape index (κ3) is 5.73. The Kier molecular flexibility index (Phi) is 7.53. The van der Waals surface area contributed by atoms with Crippen molar-refractivity contribution in [1.29, 1.82) is 5.26 Å². The molecule has 0 atom stereocenters. The van der Waals surface area contributed by atoms with E-state index in [2.05, 4.69) is 15.5 Å². The fourth-order valence-electron chi connectivity index (χ4n) is 2.61. The third-order valence-corrected chi connectivity index (χ3v) is 5.48. The molecule has 0 unspecified atom stereocenters. The summed E-state index contributed by atoms with van der Waals surface area (Å²) in [6.45, 7) is 0.860. The van der Waals surface area contributed by atoms with Crippen LogP contribution in [-0.2, 0) is 11.3 Å². The van der Waals surface area contributed by atoms with E-state index < -0.39 is 0 Å². The molecule has 3 aromatic rings. The SMILES string of the molecule is N#CCCNC(=O)CSc1nnc(-c2ccc(Cl)cc2Cl)n1Cc1ccccc1. The van der Waals surface area contributed by atoms with Gasteiger partial charge in [0.15, 0.2) is 11.0 Å². The number of thioether (sulfide) groups is 1. The molecule has 1 N–H and O–H groups in total. The van der Waals surface area contributed by atoms with Crippen LogP contribution in [0.15, 0.2) is 53.7 Å². The van der Waals surface area contributed by atoms with Gasteiger partial charge in [0, 0.05) is 17.1 Å². The van der Waals surface area contributed by atoms with Crippen molar-refractivity contribution in [2.24, 2.45) is 0 Å². The van der Waals surface area contributed by atoms with Gasteiger partial charge in [0.25, 0.3) is 0 Å². The fraction of sp³-hybridized carbons (Fsp3) is 0.200. The largest absolute Gasteiger partial charge is 0.354 e. The lowest BCUT2D eigenvalue weighted by atomic mass is 10.2. The topological polar surface area (TPSA) is 83.6 Å². The Bertz CT molecular complexity index is 1030. The van der Waals surface area contributed by atoms with Gasteiger partial charge in [-0.25, -0.2) is 0 Å². The Morgan fingerprint density at radius 1 is 1.17 bits per heavy atom. The lowest BCUT2D eigenvalue weighted by Gasteiger charge is -2.11. The third-order valence-electron chi connectivity index (χ3n) is 3.96. The molecule has 0 saturated heterocycles. The number of carbonyl (C=O) groups is 1. The van der Waals surface area contributed by atoms with Crippen LogP contribution in [0.2, 0.25) is 10.0 Å². The zero-order chi connectivity index (χ0) is 20.6. The van der Waals surface area contributed by atoms with Crippen molar-refractivity contribution in [1.82, 2.24) is 20.1 Å². The molecule has 0 spiro atoms. The zero-order valence-corrected chi connectivity index (χ0v) is 17.6. The molecule has 1 heterocycles. The lowest BCUT2D eigenvalue weighted by molar-refractivity contribution is -0.118. The smallest absolute Gasteiger partial charge is 0.230 e. The van der Waals surface area contributed by atoms with Gasteiger partial charge < -0.3 is 5.32 Å². The predicted octanol–water partition coefficient (Wildman–Crippen LogP) is 4.42. The number of hydrogen-bond acceptors (Lipinski definition) is 5. The van der Waals surface area contributed by atoms with E-state index in [9.17, 15) is 4.79 Å². The van der Waals surface area contributed by atoms with Crippen molar-refractivity contribution in [2.45, 2.75) is 18.1 Å². The second-order valence-electron chi connectivity index (χ2n) is 6.05. The molecule has 0 aliphatic heterocycles. The zero-order valence-electron chi connectivity index (χ0n) is 15.3. The Morgan fingerprint density at radius 2 is 1.97 bits per heavy atom. The van der Waals surface area contributed by atoms with Crippen molar-refractivity contribution in [3.8, 4) is 17.5 Å². The van der Waals surface area contributed by atoms with Gasteiger partial charge in [0.05, 0.1) is 29.8 Å². The van der Waals surface area contributed by atoms with Crippen LogP contribution >= 0.6 is 35.0 Å². The number of carbonyl (C=O) groups excluding carboxylic acids is 1. The number of nitrogens with zero attached hydrogens (tertiary/aromatic N) is 4. The fourth-order valence-corrected chi connectivity index (χ4v) is 3.87. The van der Waals surface area contributed by atoms with Gasteiger partial charge in [-0.2, -0.15) is 5.26 Å². The maximum absolute atomic E-state index is 12.0. The van der Waals surface area contributed by atoms with Gasteiger partial charge in [-0.05, 0) is 23.8 Å². The number of halogens is 2. The molecule has 1 aromatic heterocycles. The minimum atomic E-state index is -0.161. The Balaban J connectivity index is 1.87. The van der Waals surface area contributed by atoms with Crippen LogP contribution < -0.4 is 5.32 Å². The number of rotatable bonds is 8.